The maximum atomic E-state index is 11.4. The maximum Gasteiger partial charge on any atom is 0.323 e. The molecule has 0 radical (unpaired) electrons. The zero-order chi connectivity index (χ0) is 14.1. The van der Waals surface area contributed by atoms with Crippen molar-refractivity contribution in [1.29, 1.82) is 0 Å². The van der Waals surface area contributed by atoms with E-state index in [-0.39, 0.29) is 5.97 Å². The van der Waals surface area contributed by atoms with Crippen molar-refractivity contribution in [2.45, 2.75) is 25.6 Å². The van der Waals surface area contributed by atoms with Crippen LogP contribution < -0.4 is 10.5 Å². The molecule has 1 rings (SSSR count). The minimum absolute atomic E-state index is 0.340. The first-order valence-corrected chi connectivity index (χ1v) is 7.55. The number of rotatable bonds is 8. The van der Waals surface area contributed by atoms with E-state index in [0.29, 0.717) is 19.0 Å². The van der Waals surface area contributed by atoms with E-state index in [2.05, 4.69) is 0 Å². The molecular formula is C14H21NO3S. The summed E-state index contributed by atoms with van der Waals surface area (Å²) in [4.78, 5) is 11.4. The van der Waals surface area contributed by atoms with Crippen molar-refractivity contribution >= 4 is 17.7 Å². The molecule has 0 saturated carbocycles. The van der Waals surface area contributed by atoms with Gasteiger partial charge in [-0.2, -0.15) is 11.8 Å². The molecule has 0 aliphatic carbocycles. The van der Waals surface area contributed by atoms with Gasteiger partial charge in [0.25, 0.3) is 0 Å². The number of thioether (sulfide) groups is 1. The monoisotopic (exact) mass is 283 g/mol. The molecule has 1 aromatic carbocycles. The standard InChI is InChI=1S/C14H21NO3S/c1-3-17-13-8-6-5-7-11(13)9-19-10-12(15)14(16)18-4-2/h5-8,12H,3-4,9-10,15H2,1-2H3. The third-order valence-corrected chi connectivity index (χ3v) is 3.53. The number of ether oxygens (including phenoxy) is 2. The van der Waals surface area contributed by atoms with Crippen molar-refractivity contribution in [2.75, 3.05) is 19.0 Å². The Labute approximate surface area is 118 Å². The molecule has 0 fully saturated rings. The lowest BCUT2D eigenvalue weighted by molar-refractivity contribution is -0.144. The van der Waals surface area contributed by atoms with E-state index in [1.807, 2.05) is 31.2 Å². The van der Waals surface area contributed by atoms with Gasteiger partial charge in [0.2, 0.25) is 0 Å². The van der Waals surface area contributed by atoms with Gasteiger partial charge in [0.1, 0.15) is 11.8 Å². The van der Waals surface area contributed by atoms with Crippen molar-refractivity contribution in [3.8, 4) is 5.75 Å². The summed E-state index contributed by atoms with van der Waals surface area (Å²) in [5.41, 5.74) is 6.85. The molecule has 2 N–H and O–H groups in total. The first-order chi connectivity index (χ1) is 9.19. The highest BCUT2D eigenvalue weighted by atomic mass is 32.2. The molecule has 0 spiro atoms. The number of carbonyl (C=O) groups excluding carboxylic acids is 1. The fourth-order valence-corrected chi connectivity index (χ4v) is 2.50. The maximum absolute atomic E-state index is 11.4. The van der Waals surface area contributed by atoms with Gasteiger partial charge in [-0.15, -0.1) is 0 Å². The van der Waals surface area contributed by atoms with Crippen molar-refractivity contribution in [2.24, 2.45) is 5.73 Å². The van der Waals surface area contributed by atoms with Gasteiger partial charge >= 0.3 is 5.97 Å². The second kappa shape index (κ2) is 8.82. The highest BCUT2D eigenvalue weighted by Crippen LogP contribution is 2.23. The van der Waals surface area contributed by atoms with E-state index in [1.54, 1.807) is 18.7 Å². The Morgan fingerprint density at radius 3 is 2.74 bits per heavy atom. The molecule has 19 heavy (non-hydrogen) atoms. The predicted molar refractivity (Wildman–Crippen MR) is 78.4 cm³/mol. The lowest BCUT2D eigenvalue weighted by Gasteiger charge is -2.12. The number of hydrogen-bond acceptors (Lipinski definition) is 5. The molecule has 106 valence electrons. The average Bonchev–Trinajstić information content (AvgIpc) is 2.41. The summed E-state index contributed by atoms with van der Waals surface area (Å²) in [6.07, 6.45) is 0. The Balaban J connectivity index is 2.42. The largest absolute Gasteiger partial charge is 0.494 e. The molecule has 0 aromatic heterocycles. The lowest BCUT2D eigenvalue weighted by Crippen LogP contribution is -2.34. The molecule has 0 aliphatic heterocycles. The van der Waals surface area contributed by atoms with E-state index in [0.717, 1.165) is 17.1 Å². The average molecular weight is 283 g/mol. The first-order valence-electron chi connectivity index (χ1n) is 6.39. The molecule has 0 heterocycles. The van der Waals surface area contributed by atoms with Crippen LogP contribution in [0.4, 0.5) is 0 Å². The van der Waals surface area contributed by atoms with Crippen molar-refractivity contribution in [1.82, 2.24) is 0 Å². The quantitative estimate of drug-likeness (QED) is 0.741. The number of esters is 1. The van der Waals surface area contributed by atoms with Gasteiger partial charge in [-0.05, 0) is 19.9 Å². The Morgan fingerprint density at radius 1 is 1.32 bits per heavy atom. The smallest absolute Gasteiger partial charge is 0.323 e. The van der Waals surface area contributed by atoms with E-state index in [4.69, 9.17) is 15.2 Å². The molecule has 4 nitrogen and oxygen atoms in total. The molecule has 0 aliphatic rings. The van der Waals surface area contributed by atoms with E-state index in [1.165, 1.54) is 0 Å². The second-order valence-electron chi connectivity index (χ2n) is 3.91. The van der Waals surface area contributed by atoms with Crippen LogP contribution in [0.5, 0.6) is 5.75 Å². The summed E-state index contributed by atoms with van der Waals surface area (Å²) in [6, 6.07) is 7.33. The summed E-state index contributed by atoms with van der Waals surface area (Å²) < 4.78 is 10.4. The van der Waals surface area contributed by atoms with Crippen molar-refractivity contribution in [3.63, 3.8) is 0 Å². The fourth-order valence-electron chi connectivity index (χ4n) is 1.53. The Hall–Kier alpha value is -1.20. The lowest BCUT2D eigenvalue weighted by atomic mass is 10.2. The van der Waals surface area contributed by atoms with Gasteiger partial charge < -0.3 is 15.2 Å². The Bertz CT molecular complexity index is 398. The molecule has 5 heteroatoms. The van der Waals surface area contributed by atoms with Gasteiger partial charge in [0.15, 0.2) is 0 Å². The first kappa shape index (κ1) is 15.9. The van der Waals surface area contributed by atoms with Gasteiger partial charge in [-0.3, -0.25) is 4.79 Å². The predicted octanol–water partition coefficient (Wildman–Crippen LogP) is 2.21. The highest BCUT2D eigenvalue weighted by Gasteiger charge is 2.14. The summed E-state index contributed by atoms with van der Waals surface area (Å²) in [7, 11) is 0. The van der Waals surface area contributed by atoms with Crippen molar-refractivity contribution in [3.05, 3.63) is 29.8 Å². The normalized spacial score (nSPS) is 11.9. The molecular weight excluding hydrogens is 262 g/mol. The van der Waals surface area contributed by atoms with Crippen LogP contribution in [0.2, 0.25) is 0 Å². The molecule has 0 bridgehead atoms. The van der Waals surface area contributed by atoms with Crippen LogP contribution in [0.3, 0.4) is 0 Å². The summed E-state index contributed by atoms with van der Waals surface area (Å²) in [6.45, 7) is 4.74. The number of hydrogen-bond donors (Lipinski definition) is 1. The molecule has 0 saturated heterocycles. The topological polar surface area (TPSA) is 61.5 Å². The molecule has 1 unspecified atom stereocenters. The minimum Gasteiger partial charge on any atom is -0.494 e. The van der Waals surface area contributed by atoms with E-state index >= 15 is 0 Å². The van der Waals surface area contributed by atoms with Crippen molar-refractivity contribution < 1.29 is 14.3 Å². The third-order valence-electron chi connectivity index (χ3n) is 2.42. The van der Waals surface area contributed by atoms with Crippen LogP contribution in [0.25, 0.3) is 0 Å². The Kier molecular flexibility index (Phi) is 7.36. The highest BCUT2D eigenvalue weighted by molar-refractivity contribution is 7.98. The SMILES string of the molecule is CCOC(=O)C(N)CSCc1ccccc1OCC. The summed E-state index contributed by atoms with van der Waals surface area (Å²) >= 11 is 1.60. The van der Waals surface area contributed by atoms with Gasteiger partial charge in [-0.1, -0.05) is 18.2 Å². The number of para-hydroxylation sites is 1. The summed E-state index contributed by atoms with van der Waals surface area (Å²) in [5, 5.41) is 0. The summed E-state index contributed by atoms with van der Waals surface area (Å²) in [5.74, 6) is 1.86. The second-order valence-corrected chi connectivity index (χ2v) is 4.94. The van der Waals surface area contributed by atoms with Gasteiger partial charge in [0, 0.05) is 17.1 Å². The molecule has 1 aromatic rings. The van der Waals surface area contributed by atoms with Crippen LogP contribution in [0.1, 0.15) is 19.4 Å². The van der Waals surface area contributed by atoms with Crippen LogP contribution in [-0.4, -0.2) is 31.0 Å². The van der Waals surface area contributed by atoms with Gasteiger partial charge in [-0.25, -0.2) is 0 Å². The minimum atomic E-state index is -0.566. The zero-order valence-electron chi connectivity index (χ0n) is 11.4. The third kappa shape index (κ3) is 5.53. The Morgan fingerprint density at radius 2 is 2.05 bits per heavy atom. The van der Waals surface area contributed by atoms with E-state index < -0.39 is 6.04 Å². The van der Waals surface area contributed by atoms with Gasteiger partial charge in [0.05, 0.1) is 13.2 Å². The number of nitrogens with two attached hydrogens (primary N) is 1. The zero-order valence-corrected chi connectivity index (χ0v) is 12.2. The van der Waals surface area contributed by atoms with Crippen LogP contribution in [-0.2, 0) is 15.3 Å². The molecule has 1 atom stereocenters. The molecule has 0 amide bonds. The number of benzene rings is 1. The van der Waals surface area contributed by atoms with Crippen LogP contribution >= 0.6 is 11.8 Å². The van der Waals surface area contributed by atoms with Crippen LogP contribution in [0, 0.1) is 0 Å². The van der Waals surface area contributed by atoms with E-state index in [9.17, 15) is 4.79 Å². The number of carbonyl (C=O) groups is 1. The fraction of sp³-hybridized carbons (Fsp3) is 0.500. The van der Waals surface area contributed by atoms with Crippen LogP contribution in [0.15, 0.2) is 24.3 Å².